The fourth-order valence-electron chi connectivity index (χ4n) is 10.6. The number of benzene rings is 3. The smallest absolute Gasteiger partial charge is 0.160 e. The van der Waals surface area contributed by atoms with E-state index in [1.54, 1.807) is 18.2 Å². The molecule has 9 atom stereocenters. The molecule has 7 heteroatoms. The van der Waals surface area contributed by atoms with Crippen LogP contribution < -0.4 is 10.1 Å². The van der Waals surface area contributed by atoms with Crippen LogP contribution in [0.3, 0.4) is 0 Å². The predicted octanol–water partition coefficient (Wildman–Crippen LogP) is 7.18. The van der Waals surface area contributed by atoms with Crippen molar-refractivity contribution in [2.24, 2.45) is 29.6 Å². The van der Waals surface area contributed by atoms with E-state index in [9.17, 15) is 25.2 Å². The Morgan fingerprint density at radius 1 is 0.941 bits per heavy atom. The second kappa shape index (κ2) is 14.9. The molecule has 1 saturated heterocycles. The number of ketones is 1. The molecule has 0 amide bonds. The van der Waals surface area contributed by atoms with E-state index in [0.29, 0.717) is 25.1 Å². The number of Topliss-reactive ketones (excluding diaryl/α,β-unsaturated/α-hetero) is 1. The summed E-state index contributed by atoms with van der Waals surface area (Å²) in [6, 6.07) is 19.2. The summed E-state index contributed by atoms with van der Waals surface area (Å²) in [5.74, 6) is 6.32. The van der Waals surface area contributed by atoms with E-state index in [4.69, 9.17) is 4.74 Å². The molecule has 3 aromatic rings. The number of ether oxygens (including phenoxy) is 1. The van der Waals surface area contributed by atoms with Gasteiger partial charge in [-0.05, 0) is 91.0 Å². The van der Waals surface area contributed by atoms with Crippen LogP contribution >= 0.6 is 0 Å². The van der Waals surface area contributed by atoms with Gasteiger partial charge in [0.05, 0.1) is 13.2 Å². The zero-order valence-corrected chi connectivity index (χ0v) is 30.0. The minimum atomic E-state index is -0.929. The zero-order valence-electron chi connectivity index (χ0n) is 30.0. The highest BCUT2D eigenvalue weighted by molar-refractivity contribution is 5.83. The van der Waals surface area contributed by atoms with E-state index in [2.05, 4.69) is 36.2 Å². The van der Waals surface area contributed by atoms with Crippen molar-refractivity contribution in [1.82, 2.24) is 5.32 Å². The van der Waals surface area contributed by atoms with Crippen molar-refractivity contribution < 1.29 is 30.0 Å². The number of aromatic hydroxyl groups is 3. The van der Waals surface area contributed by atoms with Gasteiger partial charge in [-0.1, -0.05) is 80.8 Å². The molecule has 2 fully saturated rings. The highest BCUT2D eigenvalue weighted by Crippen LogP contribution is 2.60. The van der Waals surface area contributed by atoms with Gasteiger partial charge in [0.1, 0.15) is 5.78 Å². The molecular weight excluding hydrogens is 638 g/mol. The maximum atomic E-state index is 15.0. The van der Waals surface area contributed by atoms with Crippen molar-refractivity contribution in [2.75, 3.05) is 13.7 Å². The largest absolute Gasteiger partial charge is 0.504 e. The van der Waals surface area contributed by atoms with Crippen molar-refractivity contribution in [3.8, 4) is 34.8 Å². The van der Waals surface area contributed by atoms with E-state index in [1.165, 1.54) is 7.11 Å². The van der Waals surface area contributed by atoms with Gasteiger partial charge < -0.3 is 30.5 Å². The first-order valence-corrected chi connectivity index (χ1v) is 19.2. The zero-order chi connectivity index (χ0) is 35.7. The Morgan fingerprint density at radius 3 is 2.53 bits per heavy atom. The van der Waals surface area contributed by atoms with Gasteiger partial charge in [-0.25, -0.2) is 0 Å². The third kappa shape index (κ3) is 6.51. The number of aryl methyl sites for hydroxylation is 1. The summed E-state index contributed by atoms with van der Waals surface area (Å²) >= 11 is 0. The lowest BCUT2D eigenvalue weighted by molar-refractivity contribution is -0.135. The van der Waals surface area contributed by atoms with Gasteiger partial charge in [-0.15, -0.1) is 0 Å². The molecule has 5 N–H and O–H groups in total. The van der Waals surface area contributed by atoms with Crippen LogP contribution in [-0.4, -0.2) is 52.0 Å². The van der Waals surface area contributed by atoms with Crippen molar-refractivity contribution >= 4 is 5.78 Å². The first kappa shape index (κ1) is 35.4. The lowest BCUT2D eigenvalue weighted by atomic mass is 9.45. The molecule has 1 heterocycles. The highest BCUT2D eigenvalue weighted by Gasteiger charge is 2.62. The number of carbonyl (C=O) groups excluding carboxylic acids is 1. The molecular formula is C44H53NO6. The Morgan fingerprint density at radius 2 is 1.75 bits per heavy atom. The number of rotatable bonds is 8. The van der Waals surface area contributed by atoms with E-state index < -0.39 is 17.4 Å². The van der Waals surface area contributed by atoms with Gasteiger partial charge in [0.15, 0.2) is 23.0 Å². The summed E-state index contributed by atoms with van der Waals surface area (Å²) in [6.45, 7) is 2.77. The van der Waals surface area contributed by atoms with Crippen molar-refractivity contribution in [2.45, 2.75) is 101 Å². The van der Waals surface area contributed by atoms with Crippen LogP contribution in [-0.2, 0) is 23.1 Å². The number of fused-ring (bicyclic) bond motifs is 2. The van der Waals surface area contributed by atoms with Gasteiger partial charge in [0.2, 0.25) is 0 Å². The number of nitrogens with one attached hydrogen (secondary N) is 1. The molecule has 270 valence electrons. The standard InChI is InChI=1S/C44H53NO6/c1-3-4-6-13-33-37(47)24-34(29-18-20-36(46)40(23-29)51-2)28(21-27-10-7-5-8-11-27)15-16-31-26-45-41-14-9-12-32-19-17-30-22-38(48)39(49)25-35(30)44(32,41)42(31)43(33)50/h5,7-8,10-11,18,20,22-23,25,28,31-34,41-43,45-46,48-50H,3-4,6,9,12-14,17,19,21,24,26H2,1-2H3/t28-,31-,32+,33+,34-,41+,42?,43+,44+/m1/s1. The minimum Gasteiger partial charge on any atom is -0.504 e. The van der Waals surface area contributed by atoms with Crippen molar-refractivity contribution in [3.63, 3.8) is 0 Å². The number of unbranched alkanes of at least 4 members (excludes halogenated alkanes) is 2. The molecule has 3 aliphatic carbocycles. The fraction of sp³-hybridized carbons (Fsp3) is 0.523. The highest BCUT2D eigenvalue weighted by atomic mass is 16.5. The number of phenols is 3. The van der Waals surface area contributed by atoms with E-state index in [0.717, 1.165) is 73.6 Å². The minimum absolute atomic E-state index is 0.0464. The SMILES string of the molecule is CCCCC[C@H]1C(=O)C[C@@H](c2ccc(O)c(OC)c2)[C@@H](Cc2ccccc2)C#C[C@@H]2CN[C@H]3CCC[C@H]4CCc5cc(O)c(O)cc5[C@@]43C2[C@H]1O. The molecule has 3 aromatic carbocycles. The summed E-state index contributed by atoms with van der Waals surface area (Å²) in [5.41, 5.74) is 3.50. The van der Waals surface area contributed by atoms with E-state index >= 15 is 0 Å². The summed E-state index contributed by atoms with van der Waals surface area (Å²) in [4.78, 5) is 15.0. The summed E-state index contributed by atoms with van der Waals surface area (Å²) in [6.07, 6.45) is 8.14. The lowest BCUT2D eigenvalue weighted by Crippen LogP contribution is -2.69. The second-order valence-corrected chi connectivity index (χ2v) is 15.6. The maximum absolute atomic E-state index is 15.0. The van der Waals surface area contributed by atoms with Crippen LogP contribution in [0, 0.1) is 41.4 Å². The number of aliphatic hydroxyl groups excluding tert-OH is 1. The number of carbonyl (C=O) groups is 1. The number of piperidine rings is 1. The van der Waals surface area contributed by atoms with Gasteiger partial charge in [0.25, 0.3) is 0 Å². The number of phenolic OH excluding ortho intramolecular Hbond substituents is 3. The van der Waals surface area contributed by atoms with Crippen LogP contribution in [0.25, 0.3) is 0 Å². The topological polar surface area (TPSA) is 119 Å². The van der Waals surface area contributed by atoms with Gasteiger partial charge in [0, 0.05) is 54.0 Å². The number of hydrogen-bond donors (Lipinski definition) is 5. The summed E-state index contributed by atoms with van der Waals surface area (Å²) in [7, 11) is 1.53. The molecule has 1 unspecified atom stereocenters. The van der Waals surface area contributed by atoms with Crippen LogP contribution in [0.2, 0.25) is 0 Å². The maximum Gasteiger partial charge on any atom is 0.160 e. The quantitative estimate of drug-likeness (QED) is 0.0965. The van der Waals surface area contributed by atoms with Crippen LogP contribution in [0.15, 0.2) is 60.7 Å². The first-order chi connectivity index (χ1) is 24.8. The van der Waals surface area contributed by atoms with Crippen molar-refractivity contribution in [1.29, 1.82) is 0 Å². The Labute approximate surface area is 302 Å². The second-order valence-electron chi connectivity index (χ2n) is 15.6. The average Bonchev–Trinajstić information content (AvgIpc) is 3.14. The normalized spacial score (nSPS) is 31.5. The van der Waals surface area contributed by atoms with E-state index in [-0.39, 0.29) is 65.1 Å². The van der Waals surface area contributed by atoms with Crippen molar-refractivity contribution in [3.05, 3.63) is 82.9 Å². The van der Waals surface area contributed by atoms with Crippen LogP contribution in [0.5, 0.6) is 23.0 Å². The Bertz CT molecular complexity index is 1780. The average molecular weight is 692 g/mol. The van der Waals surface area contributed by atoms with Gasteiger partial charge in [-0.2, -0.15) is 0 Å². The molecule has 51 heavy (non-hydrogen) atoms. The molecule has 0 bridgehead atoms. The molecule has 0 aromatic heterocycles. The molecule has 1 aliphatic heterocycles. The molecule has 1 saturated carbocycles. The van der Waals surface area contributed by atoms with Gasteiger partial charge >= 0.3 is 0 Å². The summed E-state index contributed by atoms with van der Waals surface area (Å²) in [5, 5.41) is 49.0. The van der Waals surface area contributed by atoms with Crippen LogP contribution in [0.1, 0.15) is 92.9 Å². The molecule has 0 radical (unpaired) electrons. The predicted molar refractivity (Wildman–Crippen MR) is 198 cm³/mol. The number of aliphatic hydroxyl groups is 1. The third-order valence-corrected chi connectivity index (χ3v) is 12.9. The molecule has 1 spiro atoms. The lowest BCUT2D eigenvalue weighted by Gasteiger charge is -2.62. The number of hydrogen-bond acceptors (Lipinski definition) is 7. The molecule has 4 aliphatic rings. The monoisotopic (exact) mass is 691 g/mol. The number of methoxy groups -OCH3 is 1. The first-order valence-electron chi connectivity index (χ1n) is 19.2. The van der Waals surface area contributed by atoms with E-state index in [1.807, 2.05) is 30.3 Å². The molecule has 7 nitrogen and oxygen atoms in total. The Hall–Kier alpha value is -3.99. The fourth-order valence-corrected chi connectivity index (χ4v) is 10.6. The third-order valence-electron chi connectivity index (χ3n) is 12.9. The Balaban J connectivity index is 1.42. The molecule has 7 rings (SSSR count). The van der Waals surface area contributed by atoms with Crippen LogP contribution in [0.4, 0.5) is 0 Å². The summed E-state index contributed by atoms with van der Waals surface area (Å²) < 4.78 is 5.52. The Kier molecular flexibility index (Phi) is 10.4. The van der Waals surface area contributed by atoms with Gasteiger partial charge in [-0.3, -0.25) is 4.79 Å².